The van der Waals surface area contributed by atoms with Crippen molar-refractivity contribution in [2.45, 2.75) is 37.2 Å². The van der Waals surface area contributed by atoms with Crippen LogP contribution in [0.25, 0.3) is 0 Å². The van der Waals surface area contributed by atoms with E-state index in [1.54, 1.807) is 11.8 Å². The molecular weight excluding hydrogens is 256 g/mol. The van der Waals surface area contributed by atoms with Gasteiger partial charge in [0.1, 0.15) is 6.07 Å². The van der Waals surface area contributed by atoms with Crippen molar-refractivity contribution >= 4 is 17.4 Å². The van der Waals surface area contributed by atoms with E-state index < -0.39 is 0 Å². The van der Waals surface area contributed by atoms with Crippen LogP contribution in [0.4, 0.5) is 5.69 Å². The van der Waals surface area contributed by atoms with Gasteiger partial charge in [0, 0.05) is 11.4 Å². The van der Waals surface area contributed by atoms with Gasteiger partial charge in [0.15, 0.2) is 0 Å². The van der Waals surface area contributed by atoms with Crippen molar-refractivity contribution in [2.24, 2.45) is 5.92 Å². The molecule has 1 aromatic rings. The number of anilines is 1. The number of aliphatic hydroxyl groups excluding tert-OH is 1. The lowest BCUT2D eigenvalue weighted by Crippen LogP contribution is -2.13. The zero-order valence-electron chi connectivity index (χ0n) is 11.2. The molecule has 1 aromatic carbocycles. The molecule has 0 aromatic heterocycles. The first kappa shape index (κ1) is 14.2. The summed E-state index contributed by atoms with van der Waals surface area (Å²) in [6.07, 6.45) is 2.71. The minimum atomic E-state index is -0.135. The van der Waals surface area contributed by atoms with Gasteiger partial charge in [-0.3, -0.25) is 0 Å². The van der Waals surface area contributed by atoms with Crippen molar-refractivity contribution in [1.29, 1.82) is 5.26 Å². The predicted octanol–water partition coefficient (Wildman–Crippen LogP) is 3.24. The molecule has 19 heavy (non-hydrogen) atoms. The summed E-state index contributed by atoms with van der Waals surface area (Å²) in [4.78, 5) is 1.04. The van der Waals surface area contributed by atoms with Gasteiger partial charge in [-0.05, 0) is 43.1 Å². The van der Waals surface area contributed by atoms with Crippen LogP contribution in [0.15, 0.2) is 23.1 Å². The van der Waals surface area contributed by atoms with E-state index in [1.165, 1.54) is 0 Å². The maximum absolute atomic E-state index is 9.53. The van der Waals surface area contributed by atoms with E-state index >= 15 is 0 Å². The smallest absolute Gasteiger partial charge is 0.102 e. The SMILES string of the molecule is CCSc1cccc(NCC2CCC(O)C2)c1C#N. The molecule has 0 bridgehead atoms. The van der Waals surface area contributed by atoms with E-state index in [9.17, 15) is 10.4 Å². The van der Waals surface area contributed by atoms with Crippen LogP contribution in [0.3, 0.4) is 0 Å². The summed E-state index contributed by atoms with van der Waals surface area (Å²) in [6.45, 7) is 2.93. The molecular formula is C15H20N2OS. The van der Waals surface area contributed by atoms with Gasteiger partial charge in [0.2, 0.25) is 0 Å². The van der Waals surface area contributed by atoms with Crippen LogP contribution in [0.2, 0.25) is 0 Å². The second kappa shape index (κ2) is 6.83. The summed E-state index contributed by atoms with van der Waals surface area (Å²) in [7, 11) is 0. The van der Waals surface area contributed by atoms with Crippen molar-refractivity contribution in [3.05, 3.63) is 23.8 Å². The molecule has 2 rings (SSSR count). The summed E-state index contributed by atoms with van der Waals surface area (Å²) in [5, 5.41) is 22.2. The topological polar surface area (TPSA) is 56.0 Å². The molecule has 102 valence electrons. The number of aliphatic hydroxyl groups is 1. The van der Waals surface area contributed by atoms with Crippen molar-refractivity contribution < 1.29 is 5.11 Å². The fourth-order valence-electron chi connectivity index (χ4n) is 2.56. The van der Waals surface area contributed by atoms with E-state index in [0.717, 1.165) is 47.7 Å². The Morgan fingerprint density at radius 1 is 1.47 bits per heavy atom. The van der Waals surface area contributed by atoms with Gasteiger partial charge >= 0.3 is 0 Å². The second-order valence-electron chi connectivity index (χ2n) is 4.94. The van der Waals surface area contributed by atoms with Gasteiger partial charge in [0.25, 0.3) is 0 Å². The molecule has 1 saturated carbocycles. The average molecular weight is 276 g/mol. The fraction of sp³-hybridized carbons (Fsp3) is 0.533. The lowest BCUT2D eigenvalue weighted by molar-refractivity contribution is 0.178. The first-order valence-corrected chi connectivity index (χ1v) is 7.81. The number of benzene rings is 1. The molecule has 0 saturated heterocycles. The van der Waals surface area contributed by atoms with E-state index in [-0.39, 0.29) is 6.10 Å². The highest BCUT2D eigenvalue weighted by Gasteiger charge is 2.22. The molecule has 1 aliphatic rings. The third kappa shape index (κ3) is 3.65. The van der Waals surface area contributed by atoms with Crippen molar-refractivity contribution in [3.63, 3.8) is 0 Å². The number of thioether (sulfide) groups is 1. The summed E-state index contributed by atoms with van der Waals surface area (Å²) in [6, 6.07) is 8.25. The highest BCUT2D eigenvalue weighted by atomic mass is 32.2. The fourth-order valence-corrected chi connectivity index (χ4v) is 3.34. The Hall–Kier alpha value is -1.18. The number of rotatable bonds is 5. The second-order valence-corrected chi connectivity index (χ2v) is 6.24. The van der Waals surface area contributed by atoms with Crippen LogP contribution in [-0.4, -0.2) is 23.5 Å². The number of nitrogens with one attached hydrogen (secondary N) is 1. The Balaban J connectivity index is 2.03. The van der Waals surface area contributed by atoms with E-state index in [2.05, 4.69) is 18.3 Å². The van der Waals surface area contributed by atoms with Gasteiger partial charge in [-0.1, -0.05) is 13.0 Å². The minimum Gasteiger partial charge on any atom is -0.393 e. The Labute approximate surface area is 119 Å². The van der Waals surface area contributed by atoms with Crippen molar-refractivity contribution in [1.82, 2.24) is 0 Å². The lowest BCUT2D eigenvalue weighted by atomic mass is 10.1. The molecule has 0 radical (unpaired) electrons. The monoisotopic (exact) mass is 276 g/mol. The highest BCUT2D eigenvalue weighted by Crippen LogP contribution is 2.30. The third-order valence-electron chi connectivity index (χ3n) is 3.53. The Bertz CT molecular complexity index is 470. The number of nitrogens with zero attached hydrogens (tertiary/aromatic N) is 1. The van der Waals surface area contributed by atoms with Crippen LogP contribution in [-0.2, 0) is 0 Å². The standard InChI is InChI=1S/C15H20N2OS/c1-2-19-15-5-3-4-14(13(15)9-16)17-10-11-6-7-12(18)8-11/h3-5,11-12,17-18H,2,6-8,10H2,1H3. The first-order valence-electron chi connectivity index (χ1n) is 6.82. The summed E-state index contributed by atoms with van der Waals surface area (Å²) in [5.74, 6) is 1.48. The van der Waals surface area contributed by atoms with Gasteiger partial charge in [0.05, 0.1) is 17.4 Å². The number of hydrogen-bond acceptors (Lipinski definition) is 4. The molecule has 4 heteroatoms. The lowest BCUT2D eigenvalue weighted by Gasteiger charge is -2.14. The van der Waals surface area contributed by atoms with Gasteiger partial charge in [-0.15, -0.1) is 11.8 Å². The molecule has 1 fully saturated rings. The van der Waals surface area contributed by atoms with Gasteiger partial charge < -0.3 is 10.4 Å². The molecule has 2 unspecified atom stereocenters. The van der Waals surface area contributed by atoms with E-state index in [4.69, 9.17) is 0 Å². The minimum absolute atomic E-state index is 0.135. The molecule has 0 aliphatic heterocycles. The van der Waals surface area contributed by atoms with Gasteiger partial charge in [-0.25, -0.2) is 0 Å². The van der Waals surface area contributed by atoms with Gasteiger partial charge in [-0.2, -0.15) is 5.26 Å². The maximum atomic E-state index is 9.53. The molecule has 0 amide bonds. The van der Waals surface area contributed by atoms with Crippen LogP contribution in [0, 0.1) is 17.2 Å². The zero-order chi connectivity index (χ0) is 13.7. The molecule has 2 atom stereocenters. The first-order chi connectivity index (χ1) is 9.24. The average Bonchev–Trinajstić information content (AvgIpc) is 2.83. The normalized spacial score (nSPS) is 22.2. The van der Waals surface area contributed by atoms with E-state index in [1.807, 2.05) is 18.2 Å². The predicted molar refractivity (Wildman–Crippen MR) is 79.4 cm³/mol. The largest absolute Gasteiger partial charge is 0.393 e. The highest BCUT2D eigenvalue weighted by molar-refractivity contribution is 7.99. The quantitative estimate of drug-likeness (QED) is 0.811. The van der Waals surface area contributed by atoms with Crippen LogP contribution < -0.4 is 5.32 Å². The van der Waals surface area contributed by atoms with Crippen LogP contribution in [0.1, 0.15) is 31.7 Å². The van der Waals surface area contributed by atoms with Crippen molar-refractivity contribution in [2.75, 3.05) is 17.6 Å². The zero-order valence-corrected chi connectivity index (χ0v) is 12.0. The Morgan fingerprint density at radius 3 is 2.95 bits per heavy atom. The summed E-state index contributed by atoms with van der Waals surface area (Å²) >= 11 is 1.70. The number of nitriles is 1. The molecule has 0 spiro atoms. The number of hydrogen-bond donors (Lipinski definition) is 2. The third-order valence-corrected chi connectivity index (χ3v) is 4.47. The van der Waals surface area contributed by atoms with Crippen LogP contribution >= 0.6 is 11.8 Å². The summed E-state index contributed by atoms with van der Waals surface area (Å²) < 4.78 is 0. The Kier molecular flexibility index (Phi) is 5.12. The maximum Gasteiger partial charge on any atom is 0.102 e. The molecule has 0 heterocycles. The van der Waals surface area contributed by atoms with Crippen LogP contribution in [0.5, 0.6) is 0 Å². The molecule has 2 N–H and O–H groups in total. The summed E-state index contributed by atoms with van der Waals surface area (Å²) in [5.41, 5.74) is 1.66. The van der Waals surface area contributed by atoms with Crippen molar-refractivity contribution in [3.8, 4) is 6.07 Å². The Morgan fingerprint density at radius 2 is 2.32 bits per heavy atom. The molecule has 3 nitrogen and oxygen atoms in total. The van der Waals surface area contributed by atoms with E-state index in [0.29, 0.717) is 5.92 Å². The molecule has 1 aliphatic carbocycles.